The summed E-state index contributed by atoms with van der Waals surface area (Å²) >= 11 is 1.90. The largest absolute Gasteiger partial charge is 0.343 e. The van der Waals surface area contributed by atoms with Crippen molar-refractivity contribution in [1.29, 1.82) is 0 Å². The smallest absolute Gasteiger partial charge is 0.159 e. The molecule has 0 aliphatic rings. The Hall–Kier alpha value is -1.30. The highest BCUT2D eigenvalue weighted by atomic mass is 32.2. The van der Waals surface area contributed by atoms with E-state index in [0.717, 1.165) is 29.6 Å². The predicted molar refractivity (Wildman–Crippen MR) is 60.6 cm³/mol. The van der Waals surface area contributed by atoms with E-state index >= 15 is 0 Å². The number of nitrogens with one attached hydrogen (secondary N) is 1. The fourth-order valence-corrected chi connectivity index (χ4v) is 1.83. The summed E-state index contributed by atoms with van der Waals surface area (Å²) in [6.45, 7) is 3.05. The number of rotatable bonds is 5. The molecule has 0 saturated heterocycles. The van der Waals surface area contributed by atoms with Gasteiger partial charge in [-0.15, -0.1) is 5.10 Å². The van der Waals surface area contributed by atoms with Gasteiger partial charge < -0.3 is 4.98 Å². The van der Waals surface area contributed by atoms with Gasteiger partial charge in [-0.05, 0) is 5.75 Å². The Kier molecular flexibility index (Phi) is 3.39. The maximum atomic E-state index is 4.12. The Morgan fingerprint density at radius 1 is 1.53 bits per heavy atom. The molecular weight excluding hydrogens is 210 g/mol. The third-order valence-electron chi connectivity index (χ3n) is 1.95. The van der Waals surface area contributed by atoms with E-state index in [1.165, 1.54) is 0 Å². The van der Waals surface area contributed by atoms with Crippen LogP contribution in [0.1, 0.15) is 6.92 Å². The predicted octanol–water partition coefficient (Wildman–Crippen LogP) is 1.42. The molecule has 2 aromatic heterocycles. The van der Waals surface area contributed by atoms with Crippen molar-refractivity contribution < 1.29 is 0 Å². The van der Waals surface area contributed by atoms with E-state index in [-0.39, 0.29) is 0 Å². The fraction of sp³-hybridized carbons (Fsp3) is 0.444. The molecule has 0 aromatic carbocycles. The molecular formula is C9H13N5S. The highest BCUT2D eigenvalue weighted by Crippen LogP contribution is 2.09. The van der Waals surface area contributed by atoms with Crippen LogP contribution in [0, 0.1) is 0 Å². The Morgan fingerprint density at radius 3 is 3.20 bits per heavy atom. The molecule has 0 atom stereocenters. The summed E-state index contributed by atoms with van der Waals surface area (Å²) in [7, 11) is 0. The number of H-pyrrole nitrogens is 1. The third kappa shape index (κ3) is 2.59. The quantitative estimate of drug-likeness (QED) is 0.779. The van der Waals surface area contributed by atoms with Gasteiger partial charge in [0.2, 0.25) is 0 Å². The number of hydrogen-bond donors (Lipinski definition) is 1. The van der Waals surface area contributed by atoms with Gasteiger partial charge in [0.25, 0.3) is 0 Å². The first-order chi connectivity index (χ1) is 7.40. The molecule has 0 amide bonds. The first kappa shape index (κ1) is 10.2. The average molecular weight is 223 g/mol. The summed E-state index contributed by atoms with van der Waals surface area (Å²) in [6, 6.07) is 0. The van der Waals surface area contributed by atoms with Crippen LogP contribution in [0.4, 0.5) is 0 Å². The second-order valence-corrected chi connectivity index (χ2v) is 4.40. The molecule has 0 aliphatic heterocycles. The van der Waals surface area contributed by atoms with Crippen LogP contribution in [0.3, 0.4) is 0 Å². The van der Waals surface area contributed by atoms with Crippen molar-refractivity contribution in [2.75, 3.05) is 11.5 Å². The standard InChI is InChI=1S/C9H13N5S/c1-2-15-6-5-14-7-8(12-13-14)9-10-3-4-11-9/h3-4,7H,2,5-6H2,1H3,(H,10,11). The summed E-state index contributed by atoms with van der Waals surface area (Å²) in [4.78, 5) is 7.12. The maximum Gasteiger partial charge on any atom is 0.159 e. The highest BCUT2D eigenvalue weighted by molar-refractivity contribution is 7.99. The maximum absolute atomic E-state index is 4.12. The number of aromatic nitrogens is 5. The lowest BCUT2D eigenvalue weighted by Crippen LogP contribution is -2.01. The number of nitrogens with zero attached hydrogens (tertiary/aromatic N) is 4. The monoisotopic (exact) mass is 223 g/mol. The third-order valence-corrected chi connectivity index (χ3v) is 2.83. The lowest BCUT2D eigenvalue weighted by Gasteiger charge is -1.97. The Labute approximate surface area is 92.3 Å². The topological polar surface area (TPSA) is 59.4 Å². The Balaban J connectivity index is 1.98. The number of aromatic amines is 1. The van der Waals surface area contributed by atoms with Gasteiger partial charge in [0.05, 0.1) is 12.7 Å². The zero-order valence-corrected chi connectivity index (χ0v) is 9.37. The van der Waals surface area contributed by atoms with Crippen LogP contribution in [0.5, 0.6) is 0 Å². The van der Waals surface area contributed by atoms with E-state index in [9.17, 15) is 0 Å². The fourth-order valence-electron chi connectivity index (χ4n) is 1.22. The normalized spacial score (nSPS) is 10.7. The van der Waals surface area contributed by atoms with Gasteiger partial charge >= 0.3 is 0 Å². The number of thioether (sulfide) groups is 1. The van der Waals surface area contributed by atoms with Crippen molar-refractivity contribution in [2.45, 2.75) is 13.5 Å². The Bertz CT molecular complexity index is 394. The van der Waals surface area contributed by atoms with Gasteiger partial charge in [0.15, 0.2) is 5.82 Å². The molecule has 0 fully saturated rings. The van der Waals surface area contributed by atoms with Gasteiger partial charge in [-0.25, -0.2) is 4.98 Å². The van der Waals surface area contributed by atoms with E-state index in [2.05, 4.69) is 27.2 Å². The zero-order valence-electron chi connectivity index (χ0n) is 8.55. The molecule has 5 nitrogen and oxygen atoms in total. The van der Waals surface area contributed by atoms with E-state index in [1.807, 2.05) is 22.6 Å². The van der Waals surface area contributed by atoms with Crippen LogP contribution in [0.2, 0.25) is 0 Å². The summed E-state index contributed by atoms with van der Waals surface area (Å²) in [6.07, 6.45) is 5.40. The lowest BCUT2D eigenvalue weighted by molar-refractivity contribution is 0.632. The van der Waals surface area contributed by atoms with Crippen molar-refractivity contribution >= 4 is 11.8 Å². The van der Waals surface area contributed by atoms with Gasteiger partial charge in [-0.2, -0.15) is 11.8 Å². The van der Waals surface area contributed by atoms with Gasteiger partial charge in [-0.1, -0.05) is 12.1 Å². The zero-order chi connectivity index (χ0) is 10.5. The van der Waals surface area contributed by atoms with Crippen LogP contribution in [0.25, 0.3) is 11.5 Å². The average Bonchev–Trinajstić information content (AvgIpc) is 2.87. The van der Waals surface area contributed by atoms with E-state index in [0.29, 0.717) is 0 Å². The molecule has 0 spiro atoms. The van der Waals surface area contributed by atoms with E-state index in [1.54, 1.807) is 12.4 Å². The van der Waals surface area contributed by atoms with Gasteiger partial charge in [0, 0.05) is 18.1 Å². The molecule has 2 rings (SSSR count). The van der Waals surface area contributed by atoms with Crippen molar-refractivity contribution in [3.05, 3.63) is 18.6 Å². The number of imidazole rings is 1. The minimum atomic E-state index is 0.768. The van der Waals surface area contributed by atoms with Crippen LogP contribution in [0.15, 0.2) is 18.6 Å². The minimum absolute atomic E-state index is 0.768. The molecule has 2 heterocycles. The van der Waals surface area contributed by atoms with Crippen molar-refractivity contribution in [3.8, 4) is 11.5 Å². The lowest BCUT2D eigenvalue weighted by atomic mass is 10.4. The van der Waals surface area contributed by atoms with Crippen LogP contribution in [-0.2, 0) is 6.54 Å². The minimum Gasteiger partial charge on any atom is -0.343 e. The second-order valence-electron chi connectivity index (χ2n) is 3.00. The molecule has 80 valence electrons. The Morgan fingerprint density at radius 2 is 2.47 bits per heavy atom. The molecule has 0 unspecified atom stereocenters. The van der Waals surface area contributed by atoms with E-state index < -0.39 is 0 Å². The van der Waals surface area contributed by atoms with Crippen LogP contribution >= 0.6 is 11.8 Å². The SMILES string of the molecule is CCSCCn1cc(-c2ncc[nH]2)nn1. The van der Waals surface area contributed by atoms with E-state index in [4.69, 9.17) is 0 Å². The van der Waals surface area contributed by atoms with Crippen molar-refractivity contribution in [3.63, 3.8) is 0 Å². The summed E-state index contributed by atoms with van der Waals surface area (Å²) in [5.41, 5.74) is 0.793. The van der Waals surface area contributed by atoms with Crippen molar-refractivity contribution in [1.82, 2.24) is 25.0 Å². The molecule has 1 N–H and O–H groups in total. The molecule has 0 bridgehead atoms. The molecule has 15 heavy (non-hydrogen) atoms. The molecule has 2 aromatic rings. The summed E-state index contributed by atoms with van der Waals surface area (Å²) in [5, 5.41) is 8.08. The second kappa shape index (κ2) is 4.97. The van der Waals surface area contributed by atoms with Gasteiger partial charge in [-0.3, -0.25) is 4.68 Å². The highest BCUT2D eigenvalue weighted by Gasteiger charge is 2.04. The number of aryl methyl sites for hydroxylation is 1. The first-order valence-electron chi connectivity index (χ1n) is 4.87. The number of hydrogen-bond acceptors (Lipinski definition) is 4. The molecule has 0 radical (unpaired) electrons. The summed E-state index contributed by atoms with van der Waals surface area (Å²) in [5.74, 6) is 2.97. The van der Waals surface area contributed by atoms with Gasteiger partial charge in [0.1, 0.15) is 5.69 Å². The first-order valence-corrected chi connectivity index (χ1v) is 6.03. The molecule has 0 saturated carbocycles. The van der Waals surface area contributed by atoms with Crippen LogP contribution < -0.4 is 0 Å². The summed E-state index contributed by atoms with van der Waals surface area (Å²) < 4.78 is 1.85. The molecule has 0 aliphatic carbocycles. The molecule has 6 heteroatoms. The van der Waals surface area contributed by atoms with Crippen molar-refractivity contribution in [2.24, 2.45) is 0 Å². The van der Waals surface area contributed by atoms with Crippen LogP contribution in [-0.4, -0.2) is 36.5 Å².